The van der Waals surface area contributed by atoms with Crippen LogP contribution in [0.5, 0.6) is 0 Å². The standard InChI is InChI=1S/C23H23N7O3/c1-13(2)30-22(24)20(23(25)32)21(28-30)15-8-9-16(26-12-15)10-18(31)27-19-11-17(29-33-19)14-6-4-3-5-7-14/h3-9,11-13H,10,24H2,1-2H3,(H2,25,32)(H,27,31). The zero-order chi connectivity index (χ0) is 23.5. The van der Waals surface area contributed by atoms with Crippen LogP contribution in [0.1, 0.15) is 35.9 Å². The van der Waals surface area contributed by atoms with Gasteiger partial charge in [-0.1, -0.05) is 35.5 Å². The van der Waals surface area contributed by atoms with Crippen molar-refractivity contribution in [1.82, 2.24) is 19.9 Å². The molecule has 168 valence electrons. The van der Waals surface area contributed by atoms with Crippen molar-refractivity contribution in [3.05, 3.63) is 66.0 Å². The zero-order valence-corrected chi connectivity index (χ0v) is 18.1. The summed E-state index contributed by atoms with van der Waals surface area (Å²) in [6.07, 6.45) is 1.55. The number of carbonyl (C=O) groups excluding carboxylic acids is 2. The summed E-state index contributed by atoms with van der Waals surface area (Å²) in [6, 6.07) is 14.5. The van der Waals surface area contributed by atoms with Gasteiger partial charge in [0.05, 0.1) is 6.42 Å². The highest BCUT2D eigenvalue weighted by Gasteiger charge is 2.23. The Morgan fingerprint density at radius 1 is 1.12 bits per heavy atom. The van der Waals surface area contributed by atoms with Gasteiger partial charge >= 0.3 is 0 Å². The molecule has 1 aromatic carbocycles. The number of nitrogens with two attached hydrogens (primary N) is 2. The second-order valence-corrected chi connectivity index (χ2v) is 7.72. The van der Waals surface area contributed by atoms with Gasteiger partial charge in [0.2, 0.25) is 11.8 Å². The van der Waals surface area contributed by atoms with Crippen LogP contribution in [-0.2, 0) is 11.2 Å². The van der Waals surface area contributed by atoms with E-state index in [1.165, 1.54) is 10.9 Å². The largest absolute Gasteiger partial charge is 0.383 e. The van der Waals surface area contributed by atoms with Crippen LogP contribution >= 0.6 is 0 Å². The average Bonchev–Trinajstić information content (AvgIpc) is 3.39. The molecule has 33 heavy (non-hydrogen) atoms. The molecule has 0 aliphatic heterocycles. The number of nitrogen functional groups attached to an aromatic ring is 1. The predicted molar refractivity (Wildman–Crippen MR) is 123 cm³/mol. The number of amides is 2. The highest BCUT2D eigenvalue weighted by Crippen LogP contribution is 2.28. The van der Waals surface area contributed by atoms with Gasteiger partial charge in [-0.25, -0.2) is 4.68 Å². The molecule has 3 aromatic heterocycles. The molecule has 10 heteroatoms. The minimum absolute atomic E-state index is 0.0207. The fourth-order valence-electron chi connectivity index (χ4n) is 3.38. The van der Waals surface area contributed by atoms with Crippen molar-refractivity contribution in [2.45, 2.75) is 26.3 Å². The molecule has 0 saturated heterocycles. The van der Waals surface area contributed by atoms with Crippen molar-refractivity contribution in [2.24, 2.45) is 5.73 Å². The second kappa shape index (κ2) is 8.95. The molecule has 2 amide bonds. The Bertz CT molecular complexity index is 1290. The summed E-state index contributed by atoms with van der Waals surface area (Å²) in [6.45, 7) is 3.80. The normalized spacial score (nSPS) is 11.0. The number of nitrogens with one attached hydrogen (secondary N) is 1. The fourth-order valence-corrected chi connectivity index (χ4v) is 3.38. The quantitative estimate of drug-likeness (QED) is 0.395. The minimum atomic E-state index is -0.667. The van der Waals surface area contributed by atoms with Gasteiger partial charge in [0.1, 0.15) is 22.8 Å². The molecule has 0 fully saturated rings. The molecule has 0 atom stereocenters. The van der Waals surface area contributed by atoms with Gasteiger partial charge in [0.15, 0.2) is 0 Å². The van der Waals surface area contributed by atoms with Crippen LogP contribution in [0.4, 0.5) is 11.7 Å². The Morgan fingerprint density at radius 2 is 1.88 bits per heavy atom. The van der Waals surface area contributed by atoms with Crippen molar-refractivity contribution >= 4 is 23.5 Å². The van der Waals surface area contributed by atoms with Crippen molar-refractivity contribution in [3.63, 3.8) is 0 Å². The van der Waals surface area contributed by atoms with Crippen LogP contribution in [0, 0.1) is 0 Å². The lowest BCUT2D eigenvalue weighted by atomic mass is 10.1. The number of rotatable bonds is 7. The number of aromatic nitrogens is 4. The molecule has 4 aromatic rings. The van der Waals surface area contributed by atoms with Gasteiger partial charge in [0, 0.05) is 35.1 Å². The summed E-state index contributed by atoms with van der Waals surface area (Å²) < 4.78 is 6.74. The van der Waals surface area contributed by atoms with Crippen LogP contribution in [0.15, 0.2) is 59.3 Å². The lowest BCUT2D eigenvalue weighted by Crippen LogP contribution is -2.15. The molecule has 0 aliphatic rings. The van der Waals surface area contributed by atoms with E-state index in [4.69, 9.17) is 16.0 Å². The smallest absolute Gasteiger partial charge is 0.254 e. The van der Waals surface area contributed by atoms with E-state index in [-0.39, 0.29) is 35.6 Å². The maximum Gasteiger partial charge on any atom is 0.254 e. The molecule has 0 bridgehead atoms. The van der Waals surface area contributed by atoms with E-state index in [2.05, 4.69) is 20.6 Å². The Labute approximate surface area is 189 Å². The monoisotopic (exact) mass is 445 g/mol. The first-order valence-electron chi connectivity index (χ1n) is 10.3. The van der Waals surface area contributed by atoms with Crippen LogP contribution in [-0.4, -0.2) is 31.7 Å². The predicted octanol–water partition coefficient (Wildman–Crippen LogP) is 3.04. The zero-order valence-electron chi connectivity index (χ0n) is 18.1. The van der Waals surface area contributed by atoms with Crippen LogP contribution in [0.2, 0.25) is 0 Å². The Balaban J connectivity index is 1.46. The number of hydrogen-bond donors (Lipinski definition) is 3. The fraction of sp³-hybridized carbons (Fsp3) is 0.174. The second-order valence-electron chi connectivity index (χ2n) is 7.72. The summed E-state index contributed by atoms with van der Waals surface area (Å²) in [7, 11) is 0. The molecule has 5 N–H and O–H groups in total. The Morgan fingerprint density at radius 3 is 2.52 bits per heavy atom. The average molecular weight is 445 g/mol. The third-order valence-corrected chi connectivity index (χ3v) is 4.97. The third-order valence-electron chi connectivity index (χ3n) is 4.97. The van der Waals surface area contributed by atoms with Crippen molar-refractivity contribution in [3.8, 4) is 22.5 Å². The summed E-state index contributed by atoms with van der Waals surface area (Å²) in [5.41, 5.74) is 14.7. The maximum absolute atomic E-state index is 12.4. The van der Waals surface area contributed by atoms with E-state index in [1.54, 1.807) is 18.2 Å². The van der Waals surface area contributed by atoms with Gasteiger partial charge in [-0.3, -0.25) is 19.9 Å². The van der Waals surface area contributed by atoms with E-state index in [9.17, 15) is 9.59 Å². The molecule has 0 aliphatic carbocycles. The summed E-state index contributed by atoms with van der Waals surface area (Å²) in [4.78, 5) is 28.7. The van der Waals surface area contributed by atoms with E-state index < -0.39 is 5.91 Å². The first kappa shape index (κ1) is 21.8. The lowest BCUT2D eigenvalue weighted by Gasteiger charge is -2.06. The molecule has 3 heterocycles. The van der Waals surface area contributed by atoms with Crippen LogP contribution in [0.3, 0.4) is 0 Å². The molecular formula is C23H23N7O3. The maximum atomic E-state index is 12.4. The molecule has 0 radical (unpaired) electrons. The number of carbonyl (C=O) groups is 2. The molecule has 0 unspecified atom stereocenters. The molecule has 0 saturated carbocycles. The number of primary amides is 1. The van der Waals surface area contributed by atoms with E-state index in [0.29, 0.717) is 22.6 Å². The number of hydrogen-bond acceptors (Lipinski definition) is 7. The highest BCUT2D eigenvalue weighted by molar-refractivity contribution is 6.03. The van der Waals surface area contributed by atoms with Crippen LogP contribution in [0.25, 0.3) is 22.5 Å². The molecule has 0 spiro atoms. The van der Waals surface area contributed by atoms with E-state index in [1.807, 2.05) is 44.2 Å². The first-order chi connectivity index (χ1) is 15.8. The Hall–Kier alpha value is -4.47. The number of anilines is 2. The van der Waals surface area contributed by atoms with Crippen molar-refractivity contribution in [1.29, 1.82) is 0 Å². The summed E-state index contributed by atoms with van der Waals surface area (Å²) >= 11 is 0. The van der Waals surface area contributed by atoms with Gasteiger partial charge in [-0.15, -0.1) is 0 Å². The number of nitrogens with zero attached hydrogens (tertiary/aromatic N) is 4. The highest BCUT2D eigenvalue weighted by atomic mass is 16.5. The topological polar surface area (TPSA) is 155 Å². The van der Waals surface area contributed by atoms with Crippen molar-refractivity contribution in [2.75, 3.05) is 11.1 Å². The third kappa shape index (κ3) is 4.59. The van der Waals surface area contributed by atoms with E-state index >= 15 is 0 Å². The molecular weight excluding hydrogens is 422 g/mol. The van der Waals surface area contributed by atoms with Gasteiger partial charge < -0.3 is 16.0 Å². The SMILES string of the molecule is CC(C)n1nc(-c2ccc(CC(=O)Nc3cc(-c4ccccc4)no3)nc2)c(C(N)=O)c1N. The minimum Gasteiger partial charge on any atom is -0.383 e. The molecule has 10 nitrogen and oxygen atoms in total. The summed E-state index contributed by atoms with van der Waals surface area (Å²) in [5, 5.41) is 11.1. The van der Waals surface area contributed by atoms with Gasteiger partial charge in [0.25, 0.3) is 5.91 Å². The number of pyridine rings is 1. The first-order valence-corrected chi connectivity index (χ1v) is 10.3. The van der Waals surface area contributed by atoms with Gasteiger partial charge in [-0.2, -0.15) is 5.10 Å². The van der Waals surface area contributed by atoms with E-state index in [0.717, 1.165) is 5.56 Å². The number of benzene rings is 1. The molecule has 4 rings (SSSR count). The lowest BCUT2D eigenvalue weighted by molar-refractivity contribution is -0.115. The van der Waals surface area contributed by atoms with Crippen molar-refractivity contribution < 1.29 is 14.1 Å². The van der Waals surface area contributed by atoms with Crippen LogP contribution < -0.4 is 16.8 Å². The summed E-state index contributed by atoms with van der Waals surface area (Å²) in [5.74, 6) is -0.522. The Kier molecular flexibility index (Phi) is 5.90. The van der Waals surface area contributed by atoms with Gasteiger partial charge in [-0.05, 0) is 26.0 Å².